The minimum atomic E-state index is -0.737. The minimum Gasteiger partial charge on any atom is -0.467 e. The molecule has 1 amide bonds. The molecule has 1 N–H and O–H groups in total. The average molecular weight is 329 g/mol. The molecular formula is C12H13BrN2O4. The van der Waals surface area contributed by atoms with E-state index < -0.39 is 18.1 Å². The Morgan fingerprint density at radius 3 is 2.95 bits per heavy atom. The first-order chi connectivity index (χ1) is 9.02. The van der Waals surface area contributed by atoms with Crippen molar-refractivity contribution < 1.29 is 19.4 Å². The lowest BCUT2D eigenvalue weighted by Crippen LogP contribution is -2.41. The van der Waals surface area contributed by atoms with Crippen LogP contribution in [-0.4, -0.2) is 52.7 Å². The van der Waals surface area contributed by atoms with E-state index in [0.29, 0.717) is 10.2 Å². The van der Waals surface area contributed by atoms with Gasteiger partial charge in [-0.05, 0) is 28.1 Å². The first-order valence-electron chi connectivity index (χ1n) is 5.71. The van der Waals surface area contributed by atoms with Gasteiger partial charge in [0.2, 0.25) is 0 Å². The van der Waals surface area contributed by atoms with Gasteiger partial charge in [0.1, 0.15) is 10.6 Å². The number of methoxy groups -OCH3 is 1. The Morgan fingerprint density at radius 2 is 2.32 bits per heavy atom. The number of halogens is 1. The summed E-state index contributed by atoms with van der Waals surface area (Å²) in [6.45, 7) is 0.124. The Bertz CT molecular complexity index is 508. The summed E-state index contributed by atoms with van der Waals surface area (Å²) in [7, 11) is 1.26. The van der Waals surface area contributed by atoms with Crippen molar-refractivity contribution in [2.45, 2.75) is 18.6 Å². The van der Waals surface area contributed by atoms with E-state index in [2.05, 4.69) is 25.7 Å². The predicted octanol–water partition coefficient (Wildman–Crippen LogP) is 0.592. The Morgan fingerprint density at radius 1 is 1.58 bits per heavy atom. The molecule has 1 aromatic heterocycles. The molecule has 1 aliphatic rings. The van der Waals surface area contributed by atoms with Gasteiger partial charge in [-0.3, -0.25) is 4.79 Å². The summed E-state index contributed by atoms with van der Waals surface area (Å²) in [4.78, 5) is 29.2. The van der Waals surface area contributed by atoms with Crippen molar-refractivity contribution in [3.05, 3.63) is 28.5 Å². The van der Waals surface area contributed by atoms with Gasteiger partial charge < -0.3 is 14.7 Å². The van der Waals surface area contributed by atoms with Crippen molar-refractivity contribution in [1.82, 2.24) is 9.88 Å². The van der Waals surface area contributed by atoms with E-state index in [-0.39, 0.29) is 18.9 Å². The molecule has 2 rings (SSSR count). The molecule has 1 aliphatic heterocycles. The zero-order valence-electron chi connectivity index (χ0n) is 10.2. The normalized spacial score (nSPS) is 22.4. The Labute approximate surface area is 118 Å². The first kappa shape index (κ1) is 14.0. The van der Waals surface area contributed by atoms with E-state index in [4.69, 9.17) is 0 Å². The maximum Gasteiger partial charge on any atom is 0.328 e. The number of likely N-dealkylation sites (tertiary alicyclic amines) is 1. The van der Waals surface area contributed by atoms with Gasteiger partial charge in [0.05, 0.1) is 13.2 Å². The molecule has 0 spiro atoms. The molecule has 0 bridgehead atoms. The molecule has 19 heavy (non-hydrogen) atoms. The van der Waals surface area contributed by atoms with E-state index in [1.54, 1.807) is 12.1 Å². The largest absolute Gasteiger partial charge is 0.467 e. The molecule has 0 radical (unpaired) electrons. The van der Waals surface area contributed by atoms with Gasteiger partial charge in [-0.1, -0.05) is 0 Å². The third-order valence-corrected chi connectivity index (χ3v) is 3.42. The zero-order valence-corrected chi connectivity index (χ0v) is 11.8. The van der Waals surface area contributed by atoms with Gasteiger partial charge in [0.15, 0.2) is 0 Å². The average Bonchev–Trinajstić information content (AvgIpc) is 2.79. The molecule has 1 aromatic rings. The van der Waals surface area contributed by atoms with Crippen LogP contribution >= 0.6 is 15.9 Å². The van der Waals surface area contributed by atoms with Crippen LogP contribution in [0.1, 0.15) is 16.8 Å². The van der Waals surface area contributed by atoms with Gasteiger partial charge in [0, 0.05) is 24.7 Å². The second kappa shape index (κ2) is 5.66. The van der Waals surface area contributed by atoms with Crippen molar-refractivity contribution in [2.24, 2.45) is 0 Å². The summed E-state index contributed by atoms with van der Waals surface area (Å²) in [5.41, 5.74) is 0.407. The number of amides is 1. The highest BCUT2D eigenvalue weighted by atomic mass is 79.9. The van der Waals surface area contributed by atoms with E-state index in [9.17, 15) is 14.7 Å². The maximum absolute atomic E-state index is 12.3. The molecule has 6 nitrogen and oxygen atoms in total. The summed E-state index contributed by atoms with van der Waals surface area (Å²) in [6, 6.07) is 2.40. The van der Waals surface area contributed by atoms with Crippen LogP contribution in [0.15, 0.2) is 22.9 Å². The molecule has 102 valence electrons. The quantitative estimate of drug-likeness (QED) is 0.635. The Hall–Kier alpha value is -1.47. The molecule has 0 saturated carbocycles. The minimum absolute atomic E-state index is 0.124. The molecule has 0 aliphatic carbocycles. The number of nitrogens with zero attached hydrogens (tertiary/aromatic N) is 2. The van der Waals surface area contributed by atoms with Crippen LogP contribution in [0.3, 0.4) is 0 Å². The van der Waals surface area contributed by atoms with Gasteiger partial charge in [-0.2, -0.15) is 0 Å². The van der Waals surface area contributed by atoms with E-state index >= 15 is 0 Å². The van der Waals surface area contributed by atoms with E-state index in [0.717, 1.165) is 0 Å². The lowest BCUT2D eigenvalue weighted by atomic mass is 10.2. The molecule has 2 unspecified atom stereocenters. The third-order valence-electron chi connectivity index (χ3n) is 2.99. The topological polar surface area (TPSA) is 79.7 Å². The lowest BCUT2D eigenvalue weighted by molar-refractivity contribution is -0.145. The number of aromatic nitrogens is 1. The first-order valence-corrected chi connectivity index (χ1v) is 6.50. The number of hydrogen-bond donors (Lipinski definition) is 1. The summed E-state index contributed by atoms with van der Waals surface area (Å²) >= 11 is 3.19. The molecule has 1 fully saturated rings. The fraction of sp³-hybridized carbons (Fsp3) is 0.417. The van der Waals surface area contributed by atoms with Crippen molar-refractivity contribution in [2.75, 3.05) is 13.7 Å². The van der Waals surface area contributed by atoms with Crippen LogP contribution in [0.4, 0.5) is 0 Å². The van der Waals surface area contributed by atoms with Crippen LogP contribution in [0.2, 0.25) is 0 Å². The SMILES string of the molecule is COC(=O)C1CC(O)CN1C(=O)c1ccnc(Br)c1. The molecular weight excluding hydrogens is 316 g/mol. The smallest absolute Gasteiger partial charge is 0.328 e. The van der Waals surface area contributed by atoms with Gasteiger partial charge in [-0.15, -0.1) is 0 Å². The van der Waals surface area contributed by atoms with Crippen molar-refractivity contribution in [3.8, 4) is 0 Å². The van der Waals surface area contributed by atoms with E-state index in [1.165, 1.54) is 18.2 Å². The van der Waals surface area contributed by atoms with Gasteiger partial charge in [0.25, 0.3) is 5.91 Å². The fourth-order valence-electron chi connectivity index (χ4n) is 2.10. The summed E-state index contributed by atoms with van der Waals surface area (Å²) in [6.07, 6.45) is 0.986. The van der Waals surface area contributed by atoms with Crippen molar-refractivity contribution >= 4 is 27.8 Å². The lowest BCUT2D eigenvalue weighted by Gasteiger charge is -2.22. The number of carbonyl (C=O) groups is 2. The number of aliphatic hydroxyl groups is 1. The third kappa shape index (κ3) is 2.93. The Kier molecular flexibility index (Phi) is 4.16. The number of hydrogen-bond acceptors (Lipinski definition) is 5. The molecule has 7 heteroatoms. The van der Waals surface area contributed by atoms with Crippen molar-refractivity contribution in [1.29, 1.82) is 0 Å². The fourth-order valence-corrected chi connectivity index (χ4v) is 2.46. The van der Waals surface area contributed by atoms with Crippen LogP contribution in [0.25, 0.3) is 0 Å². The second-order valence-corrected chi connectivity index (χ2v) is 5.07. The van der Waals surface area contributed by atoms with Crippen LogP contribution in [0, 0.1) is 0 Å². The number of rotatable bonds is 2. The molecule has 1 saturated heterocycles. The highest BCUT2D eigenvalue weighted by molar-refractivity contribution is 9.10. The van der Waals surface area contributed by atoms with Gasteiger partial charge >= 0.3 is 5.97 Å². The number of β-amino-alcohol motifs (C(OH)–C–C–N with tert-alkyl or cyclic N) is 1. The highest BCUT2D eigenvalue weighted by Crippen LogP contribution is 2.22. The highest BCUT2D eigenvalue weighted by Gasteiger charge is 2.39. The predicted molar refractivity (Wildman–Crippen MR) is 69.4 cm³/mol. The zero-order chi connectivity index (χ0) is 14.0. The molecule has 0 aromatic carbocycles. The standard InChI is InChI=1S/C12H13BrN2O4/c1-19-12(18)9-5-8(16)6-15(9)11(17)7-2-3-14-10(13)4-7/h2-4,8-9,16H,5-6H2,1H3. The molecule has 2 heterocycles. The summed E-state index contributed by atoms with van der Waals surface area (Å²) in [5.74, 6) is -0.840. The summed E-state index contributed by atoms with van der Waals surface area (Å²) < 4.78 is 5.19. The van der Waals surface area contributed by atoms with E-state index in [1.807, 2.05) is 0 Å². The summed E-state index contributed by atoms with van der Waals surface area (Å²) in [5, 5.41) is 9.64. The molecule has 2 atom stereocenters. The van der Waals surface area contributed by atoms with Crippen LogP contribution < -0.4 is 0 Å². The second-order valence-electron chi connectivity index (χ2n) is 4.25. The number of pyridine rings is 1. The number of ether oxygens (including phenoxy) is 1. The number of aliphatic hydroxyl groups excluding tert-OH is 1. The van der Waals surface area contributed by atoms with Gasteiger partial charge in [-0.25, -0.2) is 9.78 Å². The maximum atomic E-state index is 12.3. The van der Waals surface area contributed by atoms with Crippen molar-refractivity contribution in [3.63, 3.8) is 0 Å². The van der Waals surface area contributed by atoms with Crippen LogP contribution in [-0.2, 0) is 9.53 Å². The number of carbonyl (C=O) groups excluding carboxylic acids is 2. The monoisotopic (exact) mass is 328 g/mol. The number of esters is 1. The Balaban J connectivity index is 2.24. The van der Waals surface area contributed by atoms with Crippen LogP contribution in [0.5, 0.6) is 0 Å².